The van der Waals surface area contributed by atoms with Gasteiger partial charge < -0.3 is 15.4 Å². The molecule has 0 bridgehead atoms. The highest BCUT2D eigenvalue weighted by atomic mass is 16.5. The first-order valence-electron chi connectivity index (χ1n) is 6.13. The minimum Gasteiger partial charge on any atom is -0.377 e. The van der Waals surface area contributed by atoms with Gasteiger partial charge in [-0.25, -0.2) is 0 Å². The van der Waals surface area contributed by atoms with Gasteiger partial charge in [0, 0.05) is 44.0 Å². The molecule has 3 atom stereocenters. The van der Waals surface area contributed by atoms with Crippen LogP contribution in [0.1, 0.15) is 27.2 Å². The molecule has 2 fully saturated rings. The second kappa shape index (κ2) is 4.34. The summed E-state index contributed by atoms with van der Waals surface area (Å²) in [5.41, 5.74) is 0.234. The number of hydrogen-bond donors (Lipinski definition) is 2. The van der Waals surface area contributed by atoms with Gasteiger partial charge in [-0.3, -0.25) is 4.79 Å². The van der Waals surface area contributed by atoms with E-state index < -0.39 is 0 Å². The van der Waals surface area contributed by atoms with E-state index in [0.717, 1.165) is 13.2 Å². The molecule has 1 aliphatic carbocycles. The van der Waals surface area contributed by atoms with Gasteiger partial charge in [0.1, 0.15) is 0 Å². The third kappa shape index (κ3) is 1.96. The van der Waals surface area contributed by atoms with E-state index in [1.54, 1.807) is 6.92 Å². The summed E-state index contributed by atoms with van der Waals surface area (Å²) in [6, 6.07) is 0.536. The molecule has 0 aromatic carbocycles. The number of hydrogen-bond acceptors (Lipinski definition) is 3. The van der Waals surface area contributed by atoms with Gasteiger partial charge in [-0.05, 0) is 6.42 Å². The number of nitrogens with one attached hydrogen (secondary N) is 2. The fourth-order valence-corrected chi connectivity index (χ4v) is 3.20. The maximum absolute atomic E-state index is 10.7. The first-order chi connectivity index (χ1) is 7.53. The lowest BCUT2D eigenvalue weighted by Crippen LogP contribution is -2.66. The predicted octanol–water partition coefficient (Wildman–Crippen LogP) is 0.526. The molecule has 1 saturated carbocycles. The topological polar surface area (TPSA) is 50.4 Å². The lowest BCUT2D eigenvalue weighted by Gasteiger charge is -2.55. The predicted molar refractivity (Wildman–Crippen MR) is 62.1 cm³/mol. The van der Waals surface area contributed by atoms with Gasteiger partial charge in [-0.1, -0.05) is 13.8 Å². The highest BCUT2D eigenvalue weighted by Crippen LogP contribution is 2.51. The summed E-state index contributed by atoms with van der Waals surface area (Å²) in [6.07, 6.45) is 1.61. The van der Waals surface area contributed by atoms with Crippen molar-refractivity contribution in [3.63, 3.8) is 0 Å². The molecule has 3 unspecified atom stereocenters. The Kier molecular flexibility index (Phi) is 3.22. The summed E-state index contributed by atoms with van der Waals surface area (Å²) in [6.45, 7) is 8.53. The highest BCUT2D eigenvalue weighted by Gasteiger charge is 2.58. The van der Waals surface area contributed by atoms with Gasteiger partial charge in [0.25, 0.3) is 0 Å². The Morgan fingerprint density at radius 2 is 2.19 bits per heavy atom. The van der Waals surface area contributed by atoms with Crippen LogP contribution in [0.4, 0.5) is 0 Å². The quantitative estimate of drug-likeness (QED) is 0.687. The zero-order valence-electron chi connectivity index (χ0n) is 10.4. The van der Waals surface area contributed by atoms with E-state index in [2.05, 4.69) is 24.5 Å². The van der Waals surface area contributed by atoms with Crippen LogP contribution in [-0.4, -0.2) is 37.7 Å². The van der Waals surface area contributed by atoms with Gasteiger partial charge in [0.2, 0.25) is 5.91 Å². The second-order valence-electron chi connectivity index (χ2n) is 5.48. The number of carbonyl (C=O) groups is 1. The molecule has 1 aliphatic heterocycles. The van der Waals surface area contributed by atoms with Crippen molar-refractivity contribution in [1.29, 1.82) is 0 Å². The van der Waals surface area contributed by atoms with E-state index >= 15 is 0 Å². The van der Waals surface area contributed by atoms with Crippen LogP contribution in [-0.2, 0) is 9.53 Å². The molecule has 1 heterocycles. The van der Waals surface area contributed by atoms with Crippen molar-refractivity contribution in [3.8, 4) is 0 Å². The molecule has 0 aromatic heterocycles. The van der Waals surface area contributed by atoms with Crippen molar-refractivity contribution in [2.24, 2.45) is 11.3 Å². The normalized spacial score (nSPS) is 35.3. The summed E-state index contributed by atoms with van der Waals surface area (Å²) in [5, 5.41) is 6.34. The average Bonchev–Trinajstić information content (AvgIpc) is 2.63. The van der Waals surface area contributed by atoms with E-state index in [1.165, 1.54) is 6.42 Å². The van der Waals surface area contributed by atoms with Crippen LogP contribution in [0.3, 0.4) is 0 Å². The monoisotopic (exact) mass is 226 g/mol. The van der Waals surface area contributed by atoms with Crippen LogP contribution in [0.2, 0.25) is 0 Å². The first-order valence-corrected chi connectivity index (χ1v) is 6.13. The Hall–Kier alpha value is -0.610. The van der Waals surface area contributed by atoms with E-state index in [1.807, 2.05) is 0 Å². The molecule has 0 spiro atoms. The van der Waals surface area contributed by atoms with Crippen LogP contribution in [0, 0.1) is 11.3 Å². The molecule has 92 valence electrons. The summed E-state index contributed by atoms with van der Waals surface area (Å²) >= 11 is 0. The lowest BCUT2D eigenvalue weighted by atomic mass is 9.57. The standard InChI is InChI=1S/C12H22N2O2/c1-8(15)13-5-6-14-10-9-4-7-16-11(9)12(10,2)3/h9-11,14H,4-7H2,1-3H3,(H,13,15). The molecule has 16 heavy (non-hydrogen) atoms. The van der Waals surface area contributed by atoms with Crippen LogP contribution in [0.25, 0.3) is 0 Å². The summed E-state index contributed by atoms with van der Waals surface area (Å²) in [4.78, 5) is 10.7. The molecular formula is C12H22N2O2. The maximum Gasteiger partial charge on any atom is 0.216 e. The Morgan fingerprint density at radius 3 is 2.88 bits per heavy atom. The Balaban J connectivity index is 1.75. The van der Waals surface area contributed by atoms with Gasteiger partial charge in [0.15, 0.2) is 0 Å². The molecule has 1 amide bonds. The number of amides is 1. The van der Waals surface area contributed by atoms with Crippen molar-refractivity contribution in [2.45, 2.75) is 39.3 Å². The number of ether oxygens (including phenoxy) is 1. The molecule has 4 nitrogen and oxygen atoms in total. The molecule has 1 saturated heterocycles. The smallest absolute Gasteiger partial charge is 0.216 e. The Morgan fingerprint density at radius 1 is 1.44 bits per heavy atom. The van der Waals surface area contributed by atoms with Crippen LogP contribution in [0.15, 0.2) is 0 Å². The van der Waals surface area contributed by atoms with E-state index in [4.69, 9.17) is 4.74 Å². The Bertz CT molecular complexity index is 278. The van der Waals surface area contributed by atoms with E-state index in [-0.39, 0.29) is 11.3 Å². The van der Waals surface area contributed by atoms with Crippen molar-refractivity contribution in [3.05, 3.63) is 0 Å². The third-order valence-corrected chi connectivity index (χ3v) is 3.96. The fraction of sp³-hybridized carbons (Fsp3) is 0.917. The van der Waals surface area contributed by atoms with Crippen molar-refractivity contribution in [2.75, 3.05) is 19.7 Å². The number of rotatable bonds is 4. The van der Waals surface area contributed by atoms with Gasteiger partial charge in [-0.2, -0.15) is 0 Å². The van der Waals surface area contributed by atoms with Crippen LogP contribution >= 0.6 is 0 Å². The molecule has 0 aromatic rings. The number of carbonyl (C=O) groups excluding carboxylic acids is 1. The molecule has 2 N–H and O–H groups in total. The zero-order valence-corrected chi connectivity index (χ0v) is 10.4. The van der Waals surface area contributed by atoms with E-state index in [0.29, 0.717) is 24.6 Å². The van der Waals surface area contributed by atoms with Gasteiger partial charge in [0.05, 0.1) is 6.10 Å². The Labute approximate surface area is 97.1 Å². The lowest BCUT2D eigenvalue weighted by molar-refractivity contribution is -0.119. The first kappa shape index (κ1) is 11.9. The summed E-state index contributed by atoms with van der Waals surface area (Å²) in [7, 11) is 0. The molecule has 2 rings (SSSR count). The summed E-state index contributed by atoms with van der Waals surface area (Å²) in [5.74, 6) is 0.712. The van der Waals surface area contributed by atoms with Crippen molar-refractivity contribution >= 4 is 5.91 Å². The van der Waals surface area contributed by atoms with Crippen LogP contribution < -0.4 is 10.6 Å². The largest absolute Gasteiger partial charge is 0.377 e. The minimum atomic E-state index is 0.0387. The average molecular weight is 226 g/mol. The maximum atomic E-state index is 10.7. The van der Waals surface area contributed by atoms with Crippen LogP contribution in [0.5, 0.6) is 0 Å². The third-order valence-electron chi connectivity index (χ3n) is 3.96. The van der Waals surface area contributed by atoms with Crippen molar-refractivity contribution < 1.29 is 9.53 Å². The second-order valence-corrected chi connectivity index (χ2v) is 5.48. The molecular weight excluding hydrogens is 204 g/mol. The zero-order chi connectivity index (χ0) is 11.8. The molecule has 0 radical (unpaired) electrons. The SMILES string of the molecule is CC(=O)NCCNC1C2CCOC2C1(C)C. The highest BCUT2D eigenvalue weighted by molar-refractivity contribution is 5.72. The summed E-state index contributed by atoms with van der Waals surface area (Å²) < 4.78 is 5.73. The van der Waals surface area contributed by atoms with E-state index in [9.17, 15) is 4.79 Å². The molecule has 4 heteroatoms. The fourth-order valence-electron chi connectivity index (χ4n) is 3.20. The van der Waals surface area contributed by atoms with Gasteiger partial charge in [-0.15, -0.1) is 0 Å². The minimum absolute atomic E-state index is 0.0387. The van der Waals surface area contributed by atoms with Crippen molar-refractivity contribution in [1.82, 2.24) is 10.6 Å². The number of fused-ring (bicyclic) bond motifs is 1. The van der Waals surface area contributed by atoms with Gasteiger partial charge >= 0.3 is 0 Å². The molecule has 2 aliphatic rings.